The Bertz CT molecular complexity index is 599. The van der Waals surface area contributed by atoms with Gasteiger partial charge in [0, 0.05) is 45.1 Å². The summed E-state index contributed by atoms with van der Waals surface area (Å²) in [6.45, 7) is 3.48. The van der Waals surface area contributed by atoms with E-state index in [1.54, 1.807) is 12.4 Å². The van der Waals surface area contributed by atoms with E-state index in [-0.39, 0.29) is 11.9 Å². The average molecular weight is 345 g/mol. The molecule has 0 atom stereocenters. The first-order valence-electron chi connectivity index (χ1n) is 9.03. The van der Waals surface area contributed by atoms with Gasteiger partial charge in [-0.1, -0.05) is 0 Å². The van der Waals surface area contributed by atoms with Crippen LogP contribution in [-0.2, 0) is 11.2 Å². The largest absolute Gasteiger partial charge is 0.354 e. The highest BCUT2D eigenvalue weighted by Gasteiger charge is 2.46. The monoisotopic (exact) mass is 345 g/mol. The molecular formula is C18H27N5O2. The van der Waals surface area contributed by atoms with Gasteiger partial charge in [0.2, 0.25) is 5.91 Å². The molecule has 2 N–H and O–H groups in total. The van der Waals surface area contributed by atoms with Gasteiger partial charge in [-0.25, -0.2) is 4.79 Å². The molecule has 2 aliphatic heterocycles. The lowest BCUT2D eigenvalue weighted by atomic mass is 9.85. The molecule has 0 aliphatic carbocycles. The first kappa shape index (κ1) is 17.7. The summed E-state index contributed by atoms with van der Waals surface area (Å²) in [6.07, 6.45) is 6.66. The van der Waals surface area contributed by atoms with Crippen LogP contribution in [0.15, 0.2) is 24.5 Å². The Morgan fingerprint density at radius 1 is 1.28 bits per heavy atom. The summed E-state index contributed by atoms with van der Waals surface area (Å²) in [6, 6.07) is 3.87. The molecule has 0 saturated carbocycles. The summed E-state index contributed by atoms with van der Waals surface area (Å²) >= 11 is 0. The topological polar surface area (TPSA) is 77.6 Å². The van der Waals surface area contributed by atoms with Gasteiger partial charge in [0.1, 0.15) is 5.54 Å². The van der Waals surface area contributed by atoms with Crippen LogP contribution < -0.4 is 10.6 Å². The number of likely N-dealkylation sites (tertiary alicyclic amines) is 1. The molecule has 7 nitrogen and oxygen atoms in total. The smallest absolute Gasteiger partial charge is 0.317 e. The fourth-order valence-corrected chi connectivity index (χ4v) is 3.73. The van der Waals surface area contributed by atoms with Gasteiger partial charge in [0.05, 0.1) is 0 Å². The Labute approximate surface area is 148 Å². The van der Waals surface area contributed by atoms with Crippen LogP contribution in [0, 0.1) is 0 Å². The Balaban J connectivity index is 1.49. The molecule has 1 spiro atoms. The highest BCUT2D eigenvalue weighted by atomic mass is 16.2. The molecule has 25 heavy (non-hydrogen) atoms. The van der Waals surface area contributed by atoms with Gasteiger partial charge < -0.3 is 15.5 Å². The standard InChI is InChI=1S/C18H27N5O2/c1-22-12-2-8-20-16(24)18(22)6-13-23(14-7-18)17(25)21-11-5-15-3-9-19-10-4-15/h3-4,9-10H,2,5-8,11-14H2,1H3,(H,20,24)(H,21,25). The second-order valence-electron chi connectivity index (χ2n) is 6.89. The van der Waals surface area contributed by atoms with Crippen LogP contribution in [0.4, 0.5) is 4.79 Å². The number of carbonyl (C=O) groups is 2. The van der Waals surface area contributed by atoms with E-state index in [1.165, 1.54) is 0 Å². The van der Waals surface area contributed by atoms with Crippen molar-refractivity contribution < 1.29 is 9.59 Å². The molecule has 2 saturated heterocycles. The van der Waals surface area contributed by atoms with Gasteiger partial charge in [-0.3, -0.25) is 14.7 Å². The molecule has 0 radical (unpaired) electrons. The number of urea groups is 1. The van der Waals surface area contributed by atoms with Gasteiger partial charge in [0.15, 0.2) is 0 Å². The fourth-order valence-electron chi connectivity index (χ4n) is 3.73. The summed E-state index contributed by atoms with van der Waals surface area (Å²) in [5.41, 5.74) is 0.703. The van der Waals surface area contributed by atoms with Crippen LogP contribution in [0.3, 0.4) is 0 Å². The van der Waals surface area contributed by atoms with Crippen molar-refractivity contribution in [3.8, 4) is 0 Å². The number of amides is 3. The second kappa shape index (κ2) is 7.82. The number of carbonyl (C=O) groups excluding carboxylic acids is 2. The molecule has 3 rings (SSSR count). The number of likely N-dealkylation sites (N-methyl/N-ethyl adjacent to an activating group) is 1. The summed E-state index contributed by atoms with van der Waals surface area (Å²) < 4.78 is 0. The van der Waals surface area contributed by atoms with Crippen molar-refractivity contribution in [1.29, 1.82) is 0 Å². The van der Waals surface area contributed by atoms with Crippen molar-refractivity contribution in [2.75, 3.05) is 39.8 Å². The van der Waals surface area contributed by atoms with E-state index in [9.17, 15) is 9.59 Å². The van der Waals surface area contributed by atoms with Crippen molar-refractivity contribution in [2.24, 2.45) is 0 Å². The lowest BCUT2D eigenvalue weighted by molar-refractivity contribution is -0.134. The second-order valence-corrected chi connectivity index (χ2v) is 6.89. The first-order chi connectivity index (χ1) is 12.1. The fraction of sp³-hybridized carbons (Fsp3) is 0.611. The van der Waals surface area contributed by atoms with E-state index in [2.05, 4.69) is 20.5 Å². The third-order valence-electron chi connectivity index (χ3n) is 5.43. The molecule has 1 aromatic rings. The molecule has 2 aliphatic rings. The Kier molecular flexibility index (Phi) is 5.53. The third kappa shape index (κ3) is 3.92. The molecule has 136 valence electrons. The van der Waals surface area contributed by atoms with E-state index < -0.39 is 5.54 Å². The molecule has 0 unspecified atom stereocenters. The molecule has 0 bridgehead atoms. The number of hydrogen-bond donors (Lipinski definition) is 2. The number of nitrogens with zero attached hydrogens (tertiary/aromatic N) is 3. The SMILES string of the molecule is CN1CCCNC(=O)C12CCN(C(=O)NCCc1ccncc1)CC2. The van der Waals surface area contributed by atoms with E-state index in [0.717, 1.165) is 31.5 Å². The summed E-state index contributed by atoms with van der Waals surface area (Å²) in [5.74, 6) is 0.116. The normalized spacial score (nSPS) is 20.8. The molecule has 7 heteroatoms. The highest BCUT2D eigenvalue weighted by molar-refractivity contribution is 5.87. The van der Waals surface area contributed by atoms with Crippen molar-refractivity contribution in [1.82, 2.24) is 25.4 Å². The van der Waals surface area contributed by atoms with Gasteiger partial charge in [-0.05, 0) is 50.4 Å². The summed E-state index contributed by atoms with van der Waals surface area (Å²) in [5, 5.41) is 6.01. The Morgan fingerprint density at radius 3 is 2.72 bits per heavy atom. The van der Waals surface area contributed by atoms with E-state index in [0.29, 0.717) is 32.5 Å². The Hall–Kier alpha value is -2.15. The van der Waals surface area contributed by atoms with Gasteiger partial charge >= 0.3 is 6.03 Å². The van der Waals surface area contributed by atoms with Crippen molar-refractivity contribution >= 4 is 11.9 Å². The number of aromatic nitrogens is 1. The third-order valence-corrected chi connectivity index (χ3v) is 5.43. The minimum absolute atomic E-state index is 0.0411. The van der Waals surface area contributed by atoms with Crippen LogP contribution in [0.25, 0.3) is 0 Å². The van der Waals surface area contributed by atoms with Gasteiger partial charge in [-0.15, -0.1) is 0 Å². The molecule has 3 heterocycles. The lowest BCUT2D eigenvalue weighted by Crippen LogP contribution is -2.62. The maximum absolute atomic E-state index is 12.5. The highest BCUT2D eigenvalue weighted by Crippen LogP contribution is 2.29. The van der Waals surface area contributed by atoms with Crippen LogP contribution >= 0.6 is 0 Å². The summed E-state index contributed by atoms with van der Waals surface area (Å²) in [4.78, 5) is 32.9. The number of nitrogens with one attached hydrogen (secondary N) is 2. The van der Waals surface area contributed by atoms with Crippen molar-refractivity contribution in [3.05, 3.63) is 30.1 Å². The maximum Gasteiger partial charge on any atom is 0.317 e. The maximum atomic E-state index is 12.5. The zero-order valence-electron chi connectivity index (χ0n) is 14.8. The van der Waals surface area contributed by atoms with Crippen LogP contribution in [0.1, 0.15) is 24.8 Å². The zero-order chi connectivity index (χ0) is 17.7. The average Bonchev–Trinajstić information content (AvgIpc) is 2.77. The zero-order valence-corrected chi connectivity index (χ0v) is 14.8. The van der Waals surface area contributed by atoms with Crippen LogP contribution in [-0.4, -0.2) is 72.0 Å². The molecular weight excluding hydrogens is 318 g/mol. The minimum Gasteiger partial charge on any atom is -0.354 e. The van der Waals surface area contributed by atoms with Gasteiger partial charge in [0.25, 0.3) is 0 Å². The van der Waals surface area contributed by atoms with Crippen molar-refractivity contribution in [2.45, 2.75) is 31.2 Å². The summed E-state index contributed by atoms with van der Waals surface area (Å²) in [7, 11) is 2.02. The van der Waals surface area contributed by atoms with E-state index in [4.69, 9.17) is 0 Å². The predicted molar refractivity (Wildman–Crippen MR) is 95.1 cm³/mol. The first-order valence-corrected chi connectivity index (χ1v) is 9.03. The molecule has 2 fully saturated rings. The lowest BCUT2D eigenvalue weighted by Gasteiger charge is -2.44. The van der Waals surface area contributed by atoms with Crippen LogP contribution in [0.5, 0.6) is 0 Å². The number of piperidine rings is 1. The minimum atomic E-state index is -0.454. The molecule has 3 amide bonds. The predicted octanol–water partition coefficient (Wildman–Crippen LogP) is 0.620. The molecule has 1 aromatic heterocycles. The Morgan fingerprint density at radius 2 is 2.00 bits per heavy atom. The van der Waals surface area contributed by atoms with E-state index in [1.807, 2.05) is 24.1 Å². The van der Waals surface area contributed by atoms with Crippen LogP contribution in [0.2, 0.25) is 0 Å². The number of pyridine rings is 1. The quantitative estimate of drug-likeness (QED) is 0.842. The van der Waals surface area contributed by atoms with Gasteiger partial charge in [-0.2, -0.15) is 0 Å². The number of rotatable bonds is 3. The number of hydrogen-bond acceptors (Lipinski definition) is 4. The van der Waals surface area contributed by atoms with Crippen molar-refractivity contribution in [3.63, 3.8) is 0 Å². The van der Waals surface area contributed by atoms with E-state index >= 15 is 0 Å². The molecule has 0 aromatic carbocycles.